The molecule has 0 unspecified atom stereocenters. The second kappa shape index (κ2) is 3.62. The van der Waals surface area contributed by atoms with Gasteiger partial charge in [-0.3, -0.25) is 4.90 Å². The molecule has 2 aliphatic heterocycles. The van der Waals surface area contributed by atoms with Gasteiger partial charge in [0, 0.05) is 18.1 Å². The van der Waals surface area contributed by atoms with Gasteiger partial charge >= 0.3 is 12.1 Å². The minimum Gasteiger partial charge on any atom is -0.449 e. The molecule has 3 aliphatic rings. The van der Waals surface area contributed by atoms with Gasteiger partial charge in [0.2, 0.25) is 0 Å². The van der Waals surface area contributed by atoms with Crippen molar-refractivity contribution in [2.75, 3.05) is 6.54 Å². The highest BCUT2D eigenvalue weighted by molar-refractivity contribution is 5.88. The smallest absolute Gasteiger partial charge is 0.410 e. The Morgan fingerprint density at radius 3 is 2.95 bits per heavy atom. The number of hydrogen-bond acceptors (Lipinski definition) is 4. The van der Waals surface area contributed by atoms with Gasteiger partial charge in [-0.05, 0) is 20.8 Å². The van der Waals surface area contributed by atoms with Crippen LogP contribution in [0.4, 0.5) is 4.79 Å². The number of likely N-dealkylation sites (tertiary alicyclic amines) is 1. The molecule has 3 rings (SSSR count). The quantitative estimate of drug-likeness (QED) is 0.625. The maximum atomic E-state index is 12.2. The Morgan fingerprint density at radius 2 is 2.26 bits per heavy atom. The fourth-order valence-corrected chi connectivity index (χ4v) is 2.83. The zero-order valence-corrected chi connectivity index (χ0v) is 11.3. The summed E-state index contributed by atoms with van der Waals surface area (Å²) in [6, 6.07) is -0.0575. The maximum Gasteiger partial charge on any atom is 0.410 e. The standard InChI is InChI=1S/C14H17NO4/c1-13(2,3)19-12(17)15-8-14-7-10(15)5-4-9(14)6-11(16)18-14/h4-6,10H,7-8H2,1-3H3/t10-,14+/m0/s1. The van der Waals surface area contributed by atoms with E-state index in [2.05, 4.69) is 0 Å². The summed E-state index contributed by atoms with van der Waals surface area (Å²) in [6.45, 7) is 5.88. The number of carbonyl (C=O) groups is 2. The molecule has 0 aromatic carbocycles. The van der Waals surface area contributed by atoms with Crippen molar-refractivity contribution in [3.8, 4) is 0 Å². The van der Waals surface area contributed by atoms with Crippen LogP contribution in [0.25, 0.3) is 0 Å². The molecule has 2 atom stereocenters. The van der Waals surface area contributed by atoms with Crippen molar-refractivity contribution in [3.05, 3.63) is 23.8 Å². The molecule has 1 fully saturated rings. The first-order valence-corrected chi connectivity index (χ1v) is 6.42. The summed E-state index contributed by atoms with van der Waals surface area (Å²) < 4.78 is 10.8. The second-order valence-electron chi connectivity index (χ2n) is 6.25. The first-order valence-electron chi connectivity index (χ1n) is 6.42. The number of ether oxygens (including phenoxy) is 2. The number of fused-ring (bicyclic) bond motifs is 1. The van der Waals surface area contributed by atoms with Gasteiger partial charge in [-0.15, -0.1) is 0 Å². The SMILES string of the molecule is CC(C)(C)OC(=O)N1C[C@]23C[C@@H]1C=CC2=CC(=O)O3. The summed E-state index contributed by atoms with van der Waals surface area (Å²) in [5.41, 5.74) is -0.312. The van der Waals surface area contributed by atoms with Crippen LogP contribution in [0, 0.1) is 0 Å². The van der Waals surface area contributed by atoms with E-state index in [-0.39, 0.29) is 18.1 Å². The van der Waals surface area contributed by atoms with Gasteiger partial charge in [-0.2, -0.15) is 0 Å². The number of nitrogens with zero attached hydrogens (tertiary/aromatic N) is 1. The van der Waals surface area contributed by atoms with E-state index in [9.17, 15) is 9.59 Å². The van der Waals surface area contributed by atoms with Crippen molar-refractivity contribution >= 4 is 12.1 Å². The third-order valence-corrected chi connectivity index (χ3v) is 3.59. The van der Waals surface area contributed by atoms with Crippen molar-refractivity contribution in [2.24, 2.45) is 0 Å². The van der Waals surface area contributed by atoms with Gasteiger partial charge in [0.05, 0.1) is 12.6 Å². The Labute approximate surface area is 111 Å². The van der Waals surface area contributed by atoms with Crippen molar-refractivity contribution in [1.82, 2.24) is 4.90 Å². The lowest BCUT2D eigenvalue weighted by Crippen LogP contribution is -2.40. The Balaban J connectivity index is 1.83. The lowest BCUT2D eigenvalue weighted by molar-refractivity contribution is -0.145. The lowest BCUT2D eigenvalue weighted by atomic mass is 9.87. The molecule has 1 amide bonds. The van der Waals surface area contributed by atoms with E-state index in [0.29, 0.717) is 13.0 Å². The van der Waals surface area contributed by atoms with E-state index in [0.717, 1.165) is 5.57 Å². The number of amides is 1. The number of esters is 1. The fraction of sp³-hybridized carbons (Fsp3) is 0.571. The van der Waals surface area contributed by atoms with Crippen LogP contribution in [0.15, 0.2) is 23.8 Å². The van der Waals surface area contributed by atoms with Crippen LogP contribution >= 0.6 is 0 Å². The predicted molar refractivity (Wildman–Crippen MR) is 67.4 cm³/mol. The molecule has 5 nitrogen and oxygen atoms in total. The predicted octanol–water partition coefficient (Wildman–Crippen LogP) is 1.79. The zero-order valence-electron chi connectivity index (χ0n) is 11.3. The van der Waals surface area contributed by atoms with E-state index >= 15 is 0 Å². The Kier molecular flexibility index (Phi) is 2.34. The summed E-state index contributed by atoms with van der Waals surface area (Å²) in [4.78, 5) is 25.3. The Bertz CT molecular complexity index is 514. The van der Waals surface area contributed by atoms with Gasteiger partial charge in [0.1, 0.15) is 5.60 Å². The van der Waals surface area contributed by atoms with Crippen LogP contribution in [0.3, 0.4) is 0 Å². The zero-order chi connectivity index (χ0) is 13.8. The molecule has 0 radical (unpaired) electrons. The molecule has 102 valence electrons. The topological polar surface area (TPSA) is 55.8 Å². The van der Waals surface area contributed by atoms with Gasteiger partial charge < -0.3 is 9.47 Å². The van der Waals surface area contributed by atoms with Crippen LogP contribution in [0.1, 0.15) is 27.2 Å². The van der Waals surface area contributed by atoms with Crippen molar-refractivity contribution in [2.45, 2.75) is 44.4 Å². The van der Waals surface area contributed by atoms with Crippen LogP contribution in [0.2, 0.25) is 0 Å². The summed E-state index contributed by atoms with van der Waals surface area (Å²) in [6.07, 6.45) is 5.58. The van der Waals surface area contributed by atoms with Crippen molar-refractivity contribution < 1.29 is 19.1 Å². The minimum absolute atomic E-state index is 0.0575. The van der Waals surface area contributed by atoms with E-state index in [1.165, 1.54) is 6.08 Å². The largest absolute Gasteiger partial charge is 0.449 e. The first-order chi connectivity index (χ1) is 8.79. The van der Waals surface area contributed by atoms with E-state index in [1.807, 2.05) is 32.9 Å². The van der Waals surface area contributed by atoms with Crippen LogP contribution < -0.4 is 0 Å². The molecule has 1 aliphatic carbocycles. The highest BCUT2D eigenvalue weighted by Gasteiger charge is 2.55. The summed E-state index contributed by atoms with van der Waals surface area (Å²) in [5.74, 6) is -0.327. The van der Waals surface area contributed by atoms with Crippen LogP contribution in [-0.2, 0) is 14.3 Å². The van der Waals surface area contributed by atoms with E-state index in [1.54, 1.807) is 4.90 Å². The highest BCUT2D eigenvalue weighted by atomic mass is 16.6. The third kappa shape index (κ3) is 1.93. The molecular weight excluding hydrogens is 246 g/mol. The van der Waals surface area contributed by atoms with E-state index in [4.69, 9.17) is 9.47 Å². The third-order valence-electron chi connectivity index (χ3n) is 3.59. The molecule has 1 spiro atoms. The summed E-state index contributed by atoms with van der Waals surface area (Å²) in [7, 11) is 0. The molecular formula is C14H17NO4. The van der Waals surface area contributed by atoms with Crippen molar-refractivity contribution in [3.63, 3.8) is 0 Å². The summed E-state index contributed by atoms with van der Waals surface area (Å²) >= 11 is 0. The fourth-order valence-electron chi connectivity index (χ4n) is 2.83. The number of carbonyl (C=O) groups excluding carboxylic acids is 2. The summed E-state index contributed by atoms with van der Waals surface area (Å²) in [5, 5.41) is 0. The molecule has 0 aromatic rings. The molecule has 0 saturated carbocycles. The van der Waals surface area contributed by atoms with Gasteiger partial charge in [0.25, 0.3) is 0 Å². The average Bonchev–Trinajstić information content (AvgIpc) is 2.73. The minimum atomic E-state index is -0.645. The highest BCUT2D eigenvalue weighted by Crippen LogP contribution is 2.44. The second-order valence-corrected chi connectivity index (χ2v) is 6.25. The number of rotatable bonds is 0. The lowest BCUT2D eigenvalue weighted by Gasteiger charge is -2.27. The average molecular weight is 263 g/mol. The Morgan fingerprint density at radius 1 is 1.53 bits per heavy atom. The first kappa shape index (κ1) is 12.3. The van der Waals surface area contributed by atoms with Crippen molar-refractivity contribution in [1.29, 1.82) is 0 Å². The van der Waals surface area contributed by atoms with Crippen LogP contribution in [0.5, 0.6) is 0 Å². The molecule has 2 heterocycles. The normalized spacial score (nSPS) is 31.9. The van der Waals surface area contributed by atoms with Gasteiger partial charge in [-0.25, -0.2) is 9.59 Å². The van der Waals surface area contributed by atoms with Crippen LogP contribution in [-0.4, -0.2) is 40.8 Å². The monoisotopic (exact) mass is 263 g/mol. The molecule has 0 aromatic heterocycles. The van der Waals surface area contributed by atoms with Gasteiger partial charge in [-0.1, -0.05) is 12.2 Å². The van der Waals surface area contributed by atoms with E-state index < -0.39 is 11.2 Å². The molecule has 19 heavy (non-hydrogen) atoms. The maximum absolute atomic E-state index is 12.2. The molecule has 0 N–H and O–H groups in total. The Hall–Kier alpha value is -1.78. The molecule has 1 saturated heterocycles. The van der Waals surface area contributed by atoms with Gasteiger partial charge in [0.15, 0.2) is 5.60 Å². The molecule has 5 heteroatoms. The molecule has 2 bridgehead atoms. The number of hydrogen-bond donors (Lipinski definition) is 0.